The van der Waals surface area contributed by atoms with Crippen LogP contribution in [0.3, 0.4) is 0 Å². The molecule has 0 saturated heterocycles. The number of carbonyl (C=O) groups excluding carboxylic acids is 1. The summed E-state index contributed by atoms with van der Waals surface area (Å²) >= 11 is 0. The molecule has 1 fully saturated rings. The van der Waals surface area contributed by atoms with Crippen LogP contribution in [0.25, 0.3) is 11.4 Å². The Labute approximate surface area is 153 Å². The van der Waals surface area contributed by atoms with Crippen LogP contribution in [0.2, 0.25) is 0 Å². The third kappa shape index (κ3) is 4.03. The number of aromatic amines is 1. The fourth-order valence-corrected chi connectivity index (χ4v) is 3.69. The van der Waals surface area contributed by atoms with Crippen molar-refractivity contribution in [3.05, 3.63) is 51.9 Å². The monoisotopic (exact) mass is 351 g/mol. The second-order valence-electron chi connectivity index (χ2n) is 7.60. The van der Waals surface area contributed by atoms with Crippen molar-refractivity contribution in [3.8, 4) is 11.4 Å². The number of aryl methyl sites for hydroxylation is 1. The van der Waals surface area contributed by atoms with E-state index in [-0.39, 0.29) is 11.5 Å². The predicted molar refractivity (Wildman–Crippen MR) is 101 cm³/mol. The molecule has 1 heterocycles. The normalized spacial score (nSPS) is 19.5. The Kier molecular flexibility index (Phi) is 4.87. The lowest BCUT2D eigenvalue weighted by Crippen LogP contribution is -2.29. The zero-order valence-corrected chi connectivity index (χ0v) is 15.0. The molecule has 2 aliphatic carbocycles. The van der Waals surface area contributed by atoms with Gasteiger partial charge in [-0.15, -0.1) is 0 Å². The van der Waals surface area contributed by atoms with Crippen LogP contribution in [-0.4, -0.2) is 22.4 Å². The molecule has 5 nitrogen and oxygen atoms in total. The number of hydrogen-bond donors (Lipinski definition) is 2. The quantitative estimate of drug-likeness (QED) is 0.814. The number of hydrogen-bond acceptors (Lipinski definition) is 3. The first-order valence-electron chi connectivity index (χ1n) is 9.63. The van der Waals surface area contributed by atoms with E-state index in [9.17, 15) is 9.59 Å². The van der Waals surface area contributed by atoms with Crippen molar-refractivity contribution >= 4 is 5.91 Å². The third-order valence-electron chi connectivity index (χ3n) is 5.50. The van der Waals surface area contributed by atoms with E-state index < -0.39 is 0 Å². The van der Waals surface area contributed by atoms with Crippen molar-refractivity contribution in [2.75, 3.05) is 6.54 Å². The van der Waals surface area contributed by atoms with Crippen molar-refractivity contribution in [2.24, 2.45) is 11.8 Å². The number of nitrogens with one attached hydrogen (secondary N) is 2. The van der Waals surface area contributed by atoms with Crippen LogP contribution in [0.15, 0.2) is 35.1 Å². The van der Waals surface area contributed by atoms with Crippen molar-refractivity contribution in [3.63, 3.8) is 0 Å². The van der Waals surface area contributed by atoms with Crippen LogP contribution in [0.4, 0.5) is 0 Å². The number of H-pyrrole nitrogens is 1. The topological polar surface area (TPSA) is 74.8 Å². The minimum absolute atomic E-state index is 0.0210. The van der Waals surface area contributed by atoms with Gasteiger partial charge in [-0.3, -0.25) is 9.59 Å². The van der Waals surface area contributed by atoms with E-state index >= 15 is 0 Å². The lowest BCUT2D eigenvalue weighted by Gasteiger charge is -2.14. The molecule has 0 bridgehead atoms. The van der Waals surface area contributed by atoms with Gasteiger partial charge in [-0.1, -0.05) is 30.3 Å². The summed E-state index contributed by atoms with van der Waals surface area (Å²) in [7, 11) is 0. The second-order valence-corrected chi connectivity index (χ2v) is 7.60. The van der Waals surface area contributed by atoms with Gasteiger partial charge in [-0.05, 0) is 50.4 Å². The Morgan fingerprint density at radius 3 is 2.62 bits per heavy atom. The molecule has 5 heteroatoms. The molecule has 1 atom stereocenters. The molecule has 1 amide bonds. The Hall–Kier alpha value is -2.43. The Balaban J connectivity index is 1.43. The van der Waals surface area contributed by atoms with Gasteiger partial charge >= 0.3 is 0 Å². The maximum atomic E-state index is 12.5. The van der Waals surface area contributed by atoms with Crippen LogP contribution < -0.4 is 10.9 Å². The Morgan fingerprint density at radius 2 is 1.85 bits per heavy atom. The van der Waals surface area contributed by atoms with Gasteiger partial charge in [-0.2, -0.15) is 0 Å². The molecule has 0 spiro atoms. The van der Waals surface area contributed by atoms with E-state index in [1.165, 1.54) is 12.8 Å². The Bertz CT molecular complexity index is 840. The number of nitrogens with zero attached hydrogens (tertiary/aromatic N) is 1. The van der Waals surface area contributed by atoms with Crippen LogP contribution >= 0.6 is 0 Å². The van der Waals surface area contributed by atoms with Gasteiger partial charge < -0.3 is 10.3 Å². The van der Waals surface area contributed by atoms with E-state index in [0.29, 0.717) is 30.6 Å². The van der Waals surface area contributed by atoms with Crippen LogP contribution in [0.5, 0.6) is 0 Å². The lowest BCUT2D eigenvalue weighted by molar-refractivity contribution is -0.121. The minimum Gasteiger partial charge on any atom is -0.356 e. The molecule has 2 aliphatic rings. The lowest BCUT2D eigenvalue weighted by atomic mass is 9.99. The summed E-state index contributed by atoms with van der Waals surface area (Å²) in [6, 6.07) is 9.76. The predicted octanol–water partition coefficient (Wildman–Crippen LogP) is 2.85. The molecule has 2 N–H and O–H groups in total. The number of amides is 1. The maximum Gasteiger partial charge on any atom is 0.254 e. The summed E-state index contributed by atoms with van der Waals surface area (Å²) < 4.78 is 0. The summed E-state index contributed by atoms with van der Waals surface area (Å²) in [5, 5.41) is 3.08. The zero-order chi connectivity index (χ0) is 17.9. The molecular weight excluding hydrogens is 326 g/mol. The first kappa shape index (κ1) is 17.0. The standard InChI is InChI=1S/C21H25N3O2/c25-19(12-14-6-7-14)22-13-15-8-10-17-18(11-9-15)23-20(24-21(17)26)16-4-2-1-3-5-16/h1-5,14-15H,6-13H2,(H,22,25)(H,23,24,26). The molecule has 1 saturated carbocycles. The summed E-state index contributed by atoms with van der Waals surface area (Å²) in [5.41, 5.74) is 2.64. The van der Waals surface area contributed by atoms with Crippen LogP contribution in [0, 0.1) is 11.8 Å². The maximum absolute atomic E-state index is 12.5. The molecule has 4 rings (SSSR count). The highest BCUT2D eigenvalue weighted by Crippen LogP contribution is 2.32. The SMILES string of the molecule is O=C(CC1CC1)NCC1CCc2nc(-c3ccccc3)[nH]c(=O)c2CC1. The van der Waals surface area contributed by atoms with Crippen LogP contribution in [-0.2, 0) is 17.6 Å². The van der Waals surface area contributed by atoms with Crippen molar-refractivity contribution < 1.29 is 4.79 Å². The van der Waals surface area contributed by atoms with E-state index in [1.54, 1.807) is 0 Å². The zero-order valence-electron chi connectivity index (χ0n) is 15.0. The summed E-state index contributed by atoms with van der Waals surface area (Å²) in [6.07, 6.45) is 6.48. The molecule has 0 radical (unpaired) electrons. The highest BCUT2D eigenvalue weighted by atomic mass is 16.1. The Morgan fingerprint density at radius 1 is 1.08 bits per heavy atom. The average molecular weight is 351 g/mol. The minimum atomic E-state index is -0.0210. The summed E-state index contributed by atoms with van der Waals surface area (Å²) in [6.45, 7) is 0.711. The number of carbonyl (C=O) groups is 1. The van der Waals surface area contributed by atoms with Gasteiger partial charge in [0.25, 0.3) is 5.56 Å². The molecule has 0 aliphatic heterocycles. The molecule has 136 valence electrons. The summed E-state index contributed by atoms with van der Waals surface area (Å²) in [4.78, 5) is 32.1. The van der Waals surface area contributed by atoms with Gasteiger partial charge in [0.1, 0.15) is 5.82 Å². The number of fused-ring (bicyclic) bond motifs is 1. The van der Waals surface area contributed by atoms with Gasteiger partial charge in [0, 0.05) is 24.1 Å². The van der Waals surface area contributed by atoms with Gasteiger partial charge in [0.15, 0.2) is 0 Å². The van der Waals surface area contributed by atoms with E-state index in [2.05, 4.69) is 10.3 Å². The molecule has 2 aromatic rings. The van der Waals surface area contributed by atoms with Crippen molar-refractivity contribution in [1.29, 1.82) is 0 Å². The highest BCUT2D eigenvalue weighted by Gasteiger charge is 2.25. The summed E-state index contributed by atoms with van der Waals surface area (Å²) in [5.74, 6) is 1.85. The smallest absolute Gasteiger partial charge is 0.254 e. The van der Waals surface area contributed by atoms with Gasteiger partial charge in [0.05, 0.1) is 5.69 Å². The number of aromatic nitrogens is 2. The van der Waals surface area contributed by atoms with Gasteiger partial charge in [0.2, 0.25) is 5.91 Å². The third-order valence-corrected chi connectivity index (χ3v) is 5.50. The molecule has 1 aromatic carbocycles. The van der Waals surface area contributed by atoms with E-state index in [0.717, 1.165) is 42.5 Å². The van der Waals surface area contributed by atoms with Gasteiger partial charge in [-0.25, -0.2) is 4.98 Å². The number of rotatable bonds is 5. The fourth-order valence-electron chi connectivity index (χ4n) is 3.69. The molecule has 1 aromatic heterocycles. The van der Waals surface area contributed by atoms with Crippen LogP contribution in [0.1, 0.15) is 43.4 Å². The second kappa shape index (κ2) is 7.44. The van der Waals surface area contributed by atoms with Crippen molar-refractivity contribution in [1.82, 2.24) is 15.3 Å². The first-order chi connectivity index (χ1) is 12.7. The highest BCUT2D eigenvalue weighted by molar-refractivity contribution is 5.76. The first-order valence-corrected chi connectivity index (χ1v) is 9.63. The average Bonchev–Trinajstić information content (AvgIpc) is 3.48. The molecular formula is C21H25N3O2. The number of benzene rings is 1. The largest absolute Gasteiger partial charge is 0.356 e. The molecule has 1 unspecified atom stereocenters. The van der Waals surface area contributed by atoms with E-state index in [1.807, 2.05) is 30.3 Å². The molecule has 26 heavy (non-hydrogen) atoms. The fraction of sp³-hybridized carbons (Fsp3) is 0.476. The van der Waals surface area contributed by atoms with Crippen molar-refractivity contribution in [2.45, 2.75) is 44.9 Å². The van der Waals surface area contributed by atoms with E-state index in [4.69, 9.17) is 4.98 Å².